The van der Waals surface area contributed by atoms with Crippen molar-refractivity contribution in [3.63, 3.8) is 0 Å². The lowest BCUT2D eigenvalue weighted by atomic mass is 10.2. The number of methoxy groups -OCH3 is 1. The van der Waals surface area contributed by atoms with Gasteiger partial charge in [-0.3, -0.25) is 0 Å². The average molecular weight is 248 g/mol. The zero-order valence-corrected chi connectivity index (χ0v) is 9.11. The minimum atomic E-state index is -0.309. The number of ether oxygens (including phenoxy) is 1. The molecule has 0 saturated heterocycles. The van der Waals surface area contributed by atoms with Crippen LogP contribution in [0.5, 0.6) is 5.75 Å². The van der Waals surface area contributed by atoms with E-state index in [1.54, 1.807) is 6.07 Å². The molecule has 0 aliphatic carbocycles. The zero-order valence-electron chi connectivity index (χ0n) is 7.53. The van der Waals surface area contributed by atoms with Crippen LogP contribution in [0, 0.1) is 5.82 Å². The van der Waals surface area contributed by atoms with Crippen molar-refractivity contribution in [3.8, 4) is 5.75 Å². The Kier molecular flexibility index (Phi) is 3.69. The Balaban J connectivity index is 3.09. The van der Waals surface area contributed by atoms with E-state index in [-0.39, 0.29) is 5.82 Å². The van der Waals surface area contributed by atoms with Crippen LogP contribution in [0.1, 0.15) is 5.56 Å². The van der Waals surface area contributed by atoms with E-state index in [4.69, 9.17) is 4.74 Å². The monoisotopic (exact) mass is 247 g/mol. The Hall–Kier alpha value is -0.610. The van der Waals surface area contributed by atoms with Crippen molar-refractivity contribution in [2.24, 2.45) is 0 Å². The molecule has 0 spiro atoms. The van der Waals surface area contributed by atoms with Gasteiger partial charge in [-0.05, 0) is 29.0 Å². The van der Waals surface area contributed by atoms with Crippen LogP contribution in [0.25, 0.3) is 0 Å². The van der Waals surface area contributed by atoms with E-state index in [0.717, 1.165) is 5.56 Å². The second-order valence-corrected chi connectivity index (χ2v) is 3.46. The Labute approximate surface area is 85.2 Å². The van der Waals surface area contributed by atoms with E-state index in [1.807, 2.05) is 7.05 Å². The van der Waals surface area contributed by atoms with Crippen molar-refractivity contribution in [1.82, 2.24) is 5.32 Å². The van der Waals surface area contributed by atoms with E-state index in [0.29, 0.717) is 16.8 Å². The topological polar surface area (TPSA) is 21.3 Å². The summed E-state index contributed by atoms with van der Waals surface area (Å²) in [5.41, 5.74) is 0.929. The summed E-state index contributed by atoms with van der Waals surface area (Å²) in [5, 5.41) is 2.98. The van der Waals surface area contributed by atoms with E-state index >= 15 is 0 Å². The van der Waals surface area contributed by atoms with E-state index in [1.165, 1.54) is 13.2 Å². The largest absolute Gasteiger partial charge is 0.496 e. The van der Waals surface area contributed by atoms with Crippen molar-refractivity contribution in [3.05, 3.63) is 28.0 Å². The maximum absolute atomic E-state index is 13.0. The minimum Gasteiger partial charge on any atom is -0.496 e. The quantitative estimate of drug-likeness (QED) is 0.886. The highest BCUT2D eigenvalue weighted by Crippen LogP contribution is 2.25. The Bertz CT molecular complexity index is 304. The summed E-state index contributed by atoms with van der Waals surface area (Å²) in [7, 11) is 3.36. The Morgan fingerprint density at radius 1 is 1.54 bits per heavy atom. The Morgan fingerprint density at radius 3 is 2.77 bits per heavy atom. The number of rotatable bonds is 3. The lowest BCUT2D eigenvalue weighted by molar-refractivity contribution is 0.404. The highest BCUT2D eigenvalue weighted by molar-refractivity contribution is 9.10. The SMILES string of the molecule is CNCc1cc(Br)c(F)cc1OC. The van der Waals surface area contributed by atoms with Gasteiger partial charge < -0.3 is 10.1 Å². The fourth-order valence-corrected chi connectivity index (χ4v) is 1.48. The van der Waals surface area contributed by atoms with Gasteiger partial charge in [-0.2, -0.15) is 0 Å². The summed E-state index contributed by atoms with van der Waals surface area (Å²) in [5.74, 6) is 0.256. The molecule has 0 fully saturated rings. The molecule has 0 amide bonds. The van der Waals surface area contributed by atoms with Crippen LogP contribution in [-0.2, 0) is 6.54 Å². The van der Waals surface area contributed by atoms with Crippen LogP contribution < -0.4 is 10.1 Å². The number of benzene rings is 1. The van der Waals surface area contributed by atoms with Crippen molar-refractivity contribution >= 4 is 15.9 Å². The molecule has 0 unspecified atom stereocenters. The summed E-state index contributed by atoms with van der Waals surface area (Å²) in [6.07, 6.45) is 0. The van der Waals surface area contributed by atoms with E-state index < -0.39 is 0 Å². The third-order valence-electron chi connectivity index (χ3n) is 1.69. The predicted molar refractivity (Wildman–Crippen MR) is 53.4 cm³/mol. The van der Waals surface area contributed by atoms with E-state index in [2.05, 4.69) is 21.2 Å². The highest BCUT2D eigenvalue weighted by atomic mass is 79.9. The lowest BCUT2D eigenvalue weighted by Gasteiger charge is -2.08. The Morgan fingerprint density at radius 2 is 2.23 bits per heavy atom. The first-order valence-electron chi connectivity index (χ1n) is 3.85. The molecule has 2 nitrogen and oxygen atoms in total. The fourth-order valence-electron chi connectivity index (χ4n) is 1.09. The molecule has 0 aliphatic rings. The summed E-state index contributed by atoms with van der Waals surface area (Å²) in [6.45, 7) is 0.655. The molecule has 1 aromatic rings. The minimum absolute atomic E-state index is 0.309. The smallest absolute Gasteiger partial charge is 0.141 e. The average Bonchev–Trinajstić information content (AvgIpc) is 2.11. The molecular weight excluding hydrogens is 237 g/mol. The van der Waals surface area contributed by atoms with Gasteiger partial charge in [0.25, 0.3) is 0 Å². The van der Waals surface area contributed by atoms with Gasteiger partial charge in [-0.25, -0.2) is 4.39 Å². The van der Waals surface area contributed by atoms with Gasteiger partial charge in [0.2, 0.25) is 0 Å². The van der Waals surface area contributed by atoms with Crippen LogP contribution in [-0.4, -0.2) is 14.2 Å². The summed E-state index contributed by atoms with van der Waals surface area (Å²) in [4.78, 5) is 0. The highest BCUT2D eigenvalue weighted by Gasteiger charge is 2.07. The van der Waals surface area contributed by atoms with Crippen molar-refractivity contribution in [2.45, 2.75) is 6.54 Å². The van der Waals surface area contributed by atoms with Crippen LogP contribution in [0.3, 0.4) is 0 Å². The molecule has 0 heterocycles. The van der Waals surface area contributed by atoms with E-state index in [9.17, 15) is 4.39 Å². The molecule has 0 aliphatic heterocycles. The maximum Gasteiger partial charge on any atom is 0.141 e. The molecule has 1 aromatic carbocycles. The first-order valence-corrected chi connectivity index (χ1v) is 4.65. The van der Waals surface area contributed by atoms with Crippen molar-refractivity contribution in [1.29, 1.82) is 0 Å². The van der Waals surface area contributed by atoms with Crippen molar-refractivity contribution < 1.29 is 9.13 Å². The normalized spacial score (nSPS) is 10.2. The number of hydrogen-bond donors (Lipinski definition) is 1. The van der Waals surface area contributed by atoms with Gasteiger partial charge in [0.15, 0.2) is 0 Å². The van der Waals surface area contributed by atoms with Gasteiger partial charge in [-0.15, -0.1) is 0 Å². The lowest BCUT2D eigenvalue weighted by Crippen LogP contribution is -2.07. The third kappa shape index (κ3) is 2.42. The molecule has 13 heavy (non-hydrogen) atoms. The molecule has 4 heteroatoms. The van der Waals surface area contributed by atoms with Crippen molar-refractivity contribution in [2.75, 3.05) is 14.2 Å². The third-order valence-corrected chi connectivity index (χ3v) is 2.30. The van der Waals surface area contributed by atoms with Crippen LogP contribution in [0.15, 0.2) is 16.6 Å². The first-order chi connectivity index (χ1) is 6.19. The molecular formula is C9H11BrFNO. The molecule has 0 bridgehead atoms. The fraction of sp³-hybridized carbons (Fsp3) is 0.333. The molecule has 72 valence electrons. The number of hydrogen-bond acceptors (Lipinski definition) is 2. The number of nitrogens with one attached hydrogen (secondary N) is 1. The maximum atomic E-state index is 13.0. The van der Waals surface area contributed by atoms with Gasteiger partial charge in [0.05, 0.1) is 11.6 Å². The molecule has 1 N–H and O–H groups in total. The first kappa shape index (κ1) is 10.5. The summed E-state index contributed by atoms with van der Waals surface area (Å²) >= 11 is 3.12. The molecule has 0 saturated carbocycles. The second-order valence-electron chi connectivity index (χ2n) is 2.61. The summed E-state index contributed by atoms with van der Waals surface area (Å²) in [6, 6.07) is 3.08. The number of halogens is 2. The predicted octanol–water partition coefficient (Wildman–Crippen LogP) is 2.32. The summed E-state index contributed by atoms with van der Waals surface area (Å²) < 4.78 is 18.5. The van der Waals surface area contributed by atoms with Crippen LogP contribution >= 0.6 is 15.9 Å². The van der Waals surface area contributed by atoms with Gasteiger partial charge in [0.1, 0.15) is 11.6 Å². The standard InChI is InChI=1S/C9H11BrFNO/c1-12-5-6-3-7(10)8(11)4-9(6)13-2/h3-4,12H,5H2,1-2H3. The molecule has 0 aromatic heterocycles. The van der Waals surface area contributed by atoms with Crippen LogP contribution in [0.2, 0.25) is 0 Å². The molecule has 1 rings (SSSR count). The molecule has 0 atom stereocenters. The van der Waals surface area contributed by atoms with Gasteiger partial charge in [0, 0.05) is 18.2 Å². The second kappa shape index (κ2) is 4.58. The molecule has 0 radical (unpaired) electrons. The van der Waals surface area contributed by atoms with Gasteiger partial charge in [-0.1, -0.05) is 0 Å². The van der Waals surface area contributed by atoms with Gasteiger partial charge >= 0.3 is 0 Å². The zero-order chi connectivity index (χ0) is 9.84. The van der Waals surface area contributed by atoms with Crippen LogP contribution in [0.4, 0.5) is 4.39 Å².